The van der Waals surface area contributed by atoms with E-state index in [2.05, 4.69) is 5.32 Å². The standard InChI is InChI=1S/C11H6Cl2N2O3S/c12-9-4-7(15(17)18)3-8(10(9)13)11(16)14-6-1-2-19-5-6/h1-5H,(H,14,16). The lowest BCUT2D eigenvalue weighted by Gasteiger charge is -2.06. The molecule has 2 aromatic rings. The van der Waals surface area contributed by atoms with E-state index in [9.17, 15) is 14.9 Å². The molecule has 0 saturated heterocycles. The Kier molecular flexibility index (Phi) is 4.04. The summed E-state index contributed by atoms with van der Waals surface area (Å²) in [5.74, 6) is -0.547. The number of nitrogens with zero attached hydrogens (tertiary/aromatic N) is 1. The molecular formula is C11H6Cl2N2O3S. The van der Waals surface area contributed by atoms with Crippen LogP contribution < -0.4 is 5.32 Å². The van der Waals surface area contributed by atoms with Crippen LogP contribution in [0.25, 0.3) is 0 Å². The fourth-order valence-electron chi connectivity index (χ4n) is 1.38. The molecule has 1 N–H and O–H groups in total. The maximum atomic E-state index is 12.0. The molecule has 0 radical (unpaired) electrons. The highest BCUT2D eigenvalue weighted by molar-refractivity contribution is 7.08. The number of halogens is 2. The molecule has 8 heteroatoms. The zero-order valence-corrected chi connectivity index (χ0v) is 11.6. The van der Waals surface area contributed by atoms with Gasteiger partial charge in [-0.15, -0.1) is 0 Å². The fraction of sp³-hybridized carbons (Fsp3) is 0. The van der Waals surface area contributed by atoms with Crippen LogP contribution in [-0.4, -0.2) is 10.8 Å². The molecule has 0 bridgehead atoms. The van der Waals surface area contributed by atoms with E-state index in [0.29, 0.717) is 5.69 Å². The van der Waals surface area contributed by atoms with Crippen molar-refractivity contribution in [3.63, 3.8) is 0 Å². The fourth-order valence-corrected chi connectivity index (χ4v) is 2.38. The molecule has 98 valence electrons. The van der Waals surface area contributed by atoms with Crippen molar-refractivity contribution in [3.05, 3.63) is 54.7 Å². The number of nitrogens with one attached hydrogen (secondary N) is 1. The average Bonchev–Trinajstić information content (AvgIpc) is 2.84. The Hall–Kier alpha value is -1.63. The average molecular weight is 317 g/mol. The predicted octanol–water partition coefficient (Wildman–Crippen LogP) is 4.22. The molecule has 5 nitrogen and oxygen atoms in total. The zero-order chi connectivity index (χ0) is 14.0. The number of thiophene rings is 1. The smallest absolute Gasteiger partial charge is 0.271 e. The first-order valence-corrected chi connectivity index (χ1v) is 6.66. The zero-order valence-electron chi connectivity index (χ0n) is 9.22. The maximum Gasteiger partial charge on any atom is 0.271 e. The molecule has 19 heavy (non-hydrogen) atoms. The van der Waals surface area contributed by atoms with E-state index in [4.69, 9.17) is 23.2 Å². The first kappa shape index (κ1) is 13.8. The number of non-ortho nitro benzene ring substituents is 1. The molecule has 1 aromatic carbocycles. The van der Waals surface area contributed by atoms with Crippen molar-refractivity contribution in [2.45, 2.75) is 0 Å². The monoisotopic (exact) mass is 316 g/mol. The minimum atomic E-state index is -0.635. The Morgan fingerprint density at radius 2 is 2.11 bits per heavy atom. The quantitative estimate of drug-likeness (QED) is 0.680. The van der Waals surface area contributed by atoms with Gasteiger partial charge in [0.15, 0.2) is 0 Å². The van der Waals surface area contributed by atoms with Crippen LogP contribution in [0.5, 0.6) is 0 Å². The highest BCUT2D eigenvalue weighted by atomic mass is 35.5. The van der Waals surface area contributed by atoms with Gasteiger partial charge < -0.3 is 5.32 Å². The van der Waals surface area contributed by atoms with Crippen LogP contribution in [0.4, 0.5) is 11.4 Å². The SMILES string of the molecule is O=C(Nc1ccsc1)c1cc([N+](=O)[O-])cc(Cl)c1Cl. The van der Waals surface area contributed by atoms with Gasteiger partial charge in [-0.2, -0.15) is 11.3 Å². The number of carbonyl (C=O) groups is 1. The number of hydrogen-bond donors (Lipinski definition) is 1. The number of carbonyl (C=O) groups excluding carboxylic acids is 1. The third-order valence-corrected chi connectivity index (χ3v) is 3.73. The van der Waals surface area contributed by atoms with Gasteiger partial charge in [0.25, 0.3) is 11.6 Å². The van der Waals surface area contributed by atoms with Gasteiger partial charge in [-0.05, 0) is 11.4 Å². The van der Waals surface area contributed by atoms with Crippen LogP contribution in [0, 0.1) is 10.1 Å². The lowest BCUT2D eigenvalue weighted by molar-refractivity contribution is -0.384. The largest absolute Gasteiger partial charge is 0.321 e. The van der Waals surface area contributed by atoms with E-state index >= 15 is 0 Å². The van der Waals surface area contributed by atoms with E-state index in [0.717, 1.165) is 12.1 Å². The number of amides is 1. The van der Waals surface area contributed by atoms with E-state index in [-0.39, 0.29) is 21.3 Å². The van der Waals surface area contributed by atoms with Crippen molar-refractivity contribution < 1.29 is 9.72 Å². The molecule has 0 saturated carbocycles. The van der Waals surface area contributed by atoms with Crippen LogP contribution in [0.15, 0.2) is 29.0 Å². The van der Waals surface area contributed by atoms with Gasteiger partial charge >= 0.3 is 0 Å². The number of nitro groups is 1. The minimum Gasteiger partial charge on any atom is -0.321 e. The number of hydrogen-bond acceptors (Lipinski definition) is 4. The second-order valence-corrected chi connectivity index (χ2v) is 5.08. The molecule has 0 unspecified atom stereocenters. The molecule has 0 atom stereocenters. The van der Waals surface area contributed by atoms with Crippen LogP contribution in [0.1, 0.15) is 10.4 Å². The van der Waals surface area contributed by atoms with Crippen LogP contribution in [0.2, 0.25) is 10.0 Å². The van der Waals surface area contributed by atoms with Gasteiger partial charge in [0.05, 0.1) is 26.2 Å². The molecule has 0 fully saturated rings. The van der Waals surface area contributed by atoms with Gasteiger partial charge in [-0.1, -0.05) is 23.2 Å². The summed E-state index contributed by atoms with van der Waals surface area (Å²) in [6, 6.07) is 3.90. The van der Waals surface area contributed by atoms with Crippen LogP contribution >= 0.6 is 34.5 Å². The highest BCUT2D eigenvalue weighted by Crippen LogP contribution is 2.31. The van der Waals surface area contributed by atoms with Crippen LogP contribution in [-0.2, 0) is 0 Å². The van der Waals surface area contributed by atoms with Crippen molar-refractivity contribution >= 4 is 51.8 Å². The Morgan fingerprint density at radius 1 is 1.37 bits per heavy atom. The maximum absolute atomic E-state index is 12.0. The minimum absolute atomic E-state index is 0.0139. The van der Waals surface area contributed by atoms with Crippen molar-refractivity contribution in [2.75, 3.05) is 5.32 Å². The lowest BCUT2D eigenvalue weighted by Crippen LogP contribution is -2.12. The Bertz CT molecular complexity index is 644. The third kappa shape index (κ3) is 3.04. The lowest BCUT2D eigenvalue weighted by atomic mass is 10.2. The van der Waals surface area contributed by atoms with Gasteiger partial charge in [0.2, 0.25) is 0 Å². The molecule has 1 heterocycles. The van der Waals surface area contributed by atoms with E-state index in [1.54, 1.807) is 16.8 Å². The number of nitro benzene ring substituents is 1. The van der Waals surface area contributed by atoms with Gasteiger partial charge in [0.1, 0.15) is 0 Å². The molecule has 0 aliphatic carbocycles. The summed E-state index contributed by atoms with van der Waals surface area (Å²) < 4.78 is 0. The van der Waals surface area contributed by atoms with Crippen molar-refractivity contribution in [1.82, 2.24) is 0 Å². The molecular weight excluding hydrogens is 311 g/mol. The molecule has 0 aliphatic heterocycles. The van der Waals surface area contributed by atoms with E-state index < -0.39 is 10.8 Å². The summed E-state index contributed by atoms with van der Waals surface area (Å²) in [6.07, 6.45) is 0. The summed E-state index contributed by atoms with van der Waals surface area (Å²) >= 11 is 13.1. The Balaban J connectivity index is 2.38. The molecule has 0 spiro atoms. The predicted molar refractivity (Wildman–Crippen MR) is 75.4 cm³/mol. The Morgan fingerprint density at radius 3 is 2.68 bits per heavy atom. The molecule has 1 aromatic heterocycles. The third-order valence-electron chi connectivity index (χ3n) is 2.25. The molecule has 0 aliphatic rings. The normalized spacial score (nSPS) is 10.2. The van der Waals surface area contributed by atoms with Gasteiger partial charge in [-0.3, -0.25) is 14.9 Å². The number of benzene rings is 1. The van der Waals surface area contributed by atoms with Crippen molar-refractivity contribution in [2.24, 2.45) is 0 Å². The van der Waals surface area contributed by atoms with E-state index in [1.807, 2.05) is 0 Å². The number of rotatable bonds is 3. The summed E-state index contributed by atoms with van der Waals surface area (Å²) in [7, 11) is 0. The van der Waals surface area contributed by atoms with Crippen LogP contribution in [0.3, 0.4) is 0 Å². The second-order valence-electron chi connectivity index (χ2n) is 3.51. The summed E-state index contributed by atoms with van der Waals surface area (Å²) in [5.41, 5.74) is 0.269. The second kappa shape index (κ2) is 5.56. The Labute approximate surface area is 121 Å². The van der Waals surface area contributed by atoms with Gasteiger partial charge in [-0.25, -0.2) is 0 Å². The molecule has 1 amide bonds. The van der Waals surface area contributed by atoms with Crippen molar-refractivity contribution in [1.29, 1.82) is 0 Å². The first-order valence-electron chi connectivity index (χ1n) is 4.96. The highest BCUT2D eigenvalue weighted by Gasteiger charge is 2.19. The number of anilines is 1. The first-order chi connectivity index (χ1) is 8.99. The summed E-state index contributed by atoms with van der Waals surface area (Å²) in [4.78, 5) is 22.1. The topological polar surface area (TPSA) is 72.2 Å². The summed E-state index contributed by atoms with van der Waals surface area (Å²) in [6.45, 7) is 0. The van der Waals surface area contributed by atoms with E-state index in [1.165, 1.54) is 11.3 Å². The summed E-state index contributed by atoms with van der Waals surface area (Å²) in [5, 5.41) is 16.8. The van der Waals surface area contributed by atoms with Crippen molar-refractivity contribution in [3.8, 4) is 0 Å². The molecule has 2 rings (SSSR count). The van der Waals surface area contributed by atoms with Gasteiger partial charge in [0, 0.05) is 17.5 Å².